The summed E-state index contributed by atoms with van der Waals surface area (Å²) >= 11 is 0. The highest BCUT2D eigenvalue weighted by molar-refractivity contribution is 5.73. The molecular weight excluding hydrogens is 246 g/mol. The molecule has 0 aromatic heterocycles. The summed E-state index contributed by atoms with van der Waals surface area (Å²) in [6.45, 7) is 1.60. The summed E-state index contributed by atoms with van der Waals surface area (Å²) in [7, 11) is 0. The van der Waals surface area contributed by atoms with Crippen LogP contribution in [0.4, 0.5) is 0 Å². The molecule has 2 atom stereocenters. The second-order valence-corrected chi connectivity index (χ2v) is 5.50. The van der Waals surface area contributed by atoms with E-state index < -0.39 is 0 Å². The standard InChI is InChI=1S/C18H19NO/c1-13(20)19-16-11-15-9-5-6-10-17(15)18(12-16)14-7-3-2-4-8-14/h2-10,16,18H,11-12H2,1H3,(H,19,20). The maximum Gasteiger partial charge on any atom is 0.217 e. The fourth-order valence-corrected chi connectivity index (χ4v) is 3.22. The van der Waals surface area contributed by atoms with Crippen molar-refractivity contribution in [1.29, 1.82) is 0 Å². The smallest absolute Gasteiger partial charge is 0.217 e. The zero-order valence-corrected chi connectivity index (χ0v) is 11.7. The first-order valence-corrected chi connectivity index (χ1v) is 7.14. The summed E-state index contributed by atoms with van der Waals surface area (Å²) in [5.41, 5.74) is 4.08. The lowest BCUT2D eigenvalue weighted by Crippen LogP contribution is -2.39. The van der Waals surface area contributed by atoms with Gasteiger partial charge in [-0.25, -0.2) is 0 Å². The van der Waals surface area contributed by atoms with Crippen molar-refractivity contribution in [2.45, 2.75) is 31.7 Å². The van der Waals surface area contributed by atoms with Crippen molar-refractivity contribution in [3.05, 3.63) is 71.3 Å². The third kappa shape index (κ3) is 2.60. The average Bonchev–Trinajstić information content (AvgIpc) is 2.47. The van der Waals surface area contributed by atoms with Crippen LogP contribution in [0.2, 0.25) is 0 Å². The number of nitrogens with one attached hydrogen (secondary N) is 1. The molecule has 20 heavy (non-hydrogen) atoms. The summed E-state index contributed by atoms with van der Waals surface area (Å²) in [6, 6.07) is 19.4. The Hall–Kier alpha value is -2.09. The summed E-state index contributed by atoms with van der Waals surface area (Å²) in [5.74, 6) is 0.430. The molecule has 0 fully saturated rings. The van der Waals surface area contributed by atoms with Gasteiger partial charge in [-0.05, 0) is 29.5 Å². The Morgan fingerprint density at radius 3 is 2.50 bits per heavy atom. The molecular formula is C18H19NO. The van der Waals surface area contributed by atoms with Crippen molar-refractivity contribution in [2.75, 3.05) is 0 Å². The maximum atomic E-state index is 11.4. The predicted octanol–water partition coefficient (Wildman–Crippen LogP) is 3.27. The lowest BCUT2D eigenvalue weighted by Gasteiger charge is -2.32. The molecule has 2 unspecified atom stereocenters. The van der Waals surface area contributed by atoms with Crippen molar-refractivity contribution in [3.63, 3.8) is 0 Å². The van der Waals surface area contributed by atoms with Crippen LogP contribution >= 0.6 is 0 Å². The van der Waals surface area contributed by atoms with Gasteiger partial charge in [0.25, 0.3) is 0 Å². The second-order valence-electron chi connectivity index (χ2n) is 5.50. The van der Waals surface area contributed by atoms with E-state index in [2.05, 4.69) is 53.8 Å². The molecule has 0 spiro atoms. The molecule has 1 aliphatic rings. The third-order valence-electron chi connectivity index (χ3n) is 4.03. The second kappa shape index (κ2) is 5.49. The van der Waals surface area contributed by atoms with Gasteiger partial charge in [0.05, 0.1) is 0 Å². The van der Waals surface area contributed by atoms with Crippen LogP contribution in [0.1, 0.15) is 36.0 Å². The zero-order chi connectivity index (χ0) is 13.9. The molecule has 0 radical (unpaired) electrons. The van der Waals surface area contributed by atoms with Gasteiger partial charge in [0.15, 0.2) is 0 Å². The van der Waals surface area contributed by atoms with Crippen LogP contribution in [0.5, 0.6) is 0 Å². The quantitative estimate of drug-likeness (QED) is 0.887. The van der Waals surface area contributed by atoms with Crippen LogP contribution < -0.4 is 5.32 Å². The number of rotatable bonds is 2. The minimum Gasteiger partial charge on any atom is -0.353 e. The van der Waals surface area contributed by atoms with Crippen molar-refractivity contribution < 1.29 is 4.79 Å². The van der Waals surface area contributed by atoms with E-state index in [0.717, 1.165) is 12.8 Å². The van der Waals surface area contributed by atoms with Crippen molar-refractivity contribution in [1.82, 2.24) is 5.32 Å². The van der Waals surface area contributed by atoms with Gasteiger partial charge < -0.3 is 5.32 Å². The number of hydrogen-bond acceptors (Lipinski definition) is 1. The molecule has 2 heteroatoms. The van der Waals surface area contributed by atoms with Gasteiger partial charge in [0, 0.05) is 18.9 Å². The summed E-state index contributed by atoms with van der Waals surface area (Å²) in [6.07, 6.45) is 1.90. The lowest BCUT2D eigenvalue weighted by molar-refractivity contribution is -0.119. The summed E-state index contributed by atoms with van der Waals surface area (Å²) < 4.78 is 0. The van der Waals surface area contributed by atoms with Gasteiger partial charge >= 0.3 is 0 Å². The van der Waals surface area contributed by atoms with Crippen LogP contribution in [-0.4, -0.2) is 11.9 Å². The fraction of sp³-hybridized carbons (Fsp3) is 0.278. The highest BCUT2D eigenvalue weighted by Gasteiger charge is 2.27. The molecule has 1 amide bonds. The van der Waals surface area contributed by atoms with E-state index in [-0.39, 0.29) is 11.9 Å². The Morgan fingerprint density at radius 2 is 1.75 bits per heavy atom. The molecule has 2 nitrogen and oxygen atoms in total. The molecule has 0 saturated heterocycles. The van der Waals surface area contributed by atoms with E-state index in [0.29, 0.717) is 5.92 Å². The first-order chi connectivity index (χ1) is 9.74. The lowest BCUT2D eigenvalue weighted by atomic mass is 9.77. The Morgan fingerprint density at radius 1 is 1.05 bits per heavy atom. The highest BCUT2D eigenvalue weighted by Crippen LogP contribution is 2.36. The predicted molar refractivity (Wildman–Crippen MR) is 80.7 cm³/mol. The fourth-order valence-electron chi connectivity index (χ4n) is 3.22. The van der Waals surface area contributed by atoms with E-state index >= 15 is 0 Å². The first kappa shape index (κ1) is 12.9. The van der Waals surface area contributed by atoms with E-state index in [9.17, 15) is 4.79 Å². The molecule has 1 N–H and O–H groups in total. The third-order valence-corrected chi connectivity index (χ3v) is 4.03. The number of hydrogen-bond donors (Lipinski definition) is 1. The van der Waals surface area contributed by atoms with Gasteiger partial charge in [-0.3, -0.25) is 4.79 Å². The van der Waals surface area contributed by atoms with Gasteiger partial charge in [-0.2, -0.15) is 0 Å². The monoisotopic (exact) mass is 265 g/mol. The van der Waals surface area contributed by atoms with Crippen LogP contribution in [0.15, 0.2) is 54.6 Å². The van der Waals surface area contributed by atoms with Crippen molar-refractivity contribution in [3.8, 4) is 0 Å². The number of amides is 1. The van der Waals surface area contributed by atoms with E-state index in [1.54, 1.807) is 6.92 Å². The van der Waals surface area contributed by atoms with Gasteiger partial charge in [0.2, 0.25) is 5.91 Å². The minimum atomic E-state index is 0.0567. The van der Waals surface area contributed by atoms with E-state index in [4.69, 9.17) is 0 Å². The number of benzene rings is 2. The van der Waals surface area contributed by atoms with Gasteiger partial charge in [-0.1, -0.05) is 54.6 Å². The zero-order valence-electron chi connectivity index (χ0n) is 11.7. The summed E-state index contributed by atoms with van der Waals surface area (Å²) in [4.78, 5) is 11.4. The number of carbonyl (C=O) groups is 1. The molecule has 0 bridgehead atoms. The van der Waals surface area contributed by atoms with Crippen LogP contribution in [0.3, 0.4) is 0 Å². The van der Waals surface area contributed by atoms with E-state index in [1.165, 1.54) is 16.7 Å². The van der Waals surface area contributed by atoms with Crippen LogP contribution in [0, 0.1) is 0 Å². The van der Waals surface area contributed by atoms with Crippen LogP contribution in [0.25, 0.3) is 0 Å². The normalized spacial score (nSPS) is 21.1. The minimum absolute atomic E-state index is 0.0567. The largest absolute Gasteiger partial charge is 0.353 e. The highest BCUT2D eigenvalue weighted by atomic mass is 16.1. The van der Waals surface area contributed by atoms with Crippen LogP contribution in [-0.2, 0) is 11.2 Å². The SMILES string of the molecule is CC(=O)NC1Cc2ccccc2C(c2ccccc2)C1. The van der Waals surface area contributed by atoms with Gasteiger partial charge in [-0.15, -0.1) is 0 Å². The molecule has 3 rings (SSSR count). The molecule has 0 aliphatic heterocycles. The maximum absolute atomic E-state index is 11.4. The Kier molecular flexibility index (Phi) is 3.55. The summed E-state index contributed by atoms with van der Waals surface area (Å²) in [5, 5.41) is 3.08. The number of carbonyl (C=O) groups excluding carboxylic acids is 1. The van der Waals surface area contributed by atoms with E-state index in [1.807, 2.05) is 6.07 Å². The first-order valence-electron chi connectivity index (χ1n) is 7.14. The topological polar surface area (TPSA) is 29.1 Å². The Labute approximate surface area is 119 Å². The molecule has 2 aromatic rings. The number of fused-ring (bicyclic) bond motifs is 1. The molecule has 0 heterocycles. The molecule has 102 valence electrons. The van der Waals surface area contributed by atoms with Gasteiger partial charge in [0.1, 0.15) is 0 Å². The molecule has 0 saturated carbocycles. The Bertz CT molecular complexity index is 606. The van der Waals surface area contributed by atoms with Crippen molar-refractivity contribution >= 4 is 5.91 Å². The van der Waals surface area contributed by atoms with Crippen molar-refractivity contribution in [2.24, 2.45) is 0 Å². The molecule has 2 aromatic carbocycles. The average molecular weight is 265 g/mol. The Balaban J connectivity index is 1.97. The molecule has 1 aliphatic carbocycles.